The van der Waals surface area contributed by atoms with Crippen molar-refractivity contribution in [3.8, 4) is 0 Å². The van der Waals surface area contributed by atoms with Gasteiger partial charge >= 0.3 is 11.9 Å². The molecule has 1 N–H and O–H groups in total. The van der Waals surface area contributed by atoms with Gasteiger partial charge in [-0.05, 0) is 19.1 Å². The largest absolute Gasteiger partial charge is 0.477 e. The van der Waals surface area contributed by atoms with Crippen LogP contribution < -0.4 is 0 Å². The van der Waals surface area contributed by atoms with Gasteiger partial charge in [-0.15, -0.1) is 11.3 Å². The molecule has 2 aromatic rings. The fourth-order valence-corrected chi connectivity index (χ4v) is 3.35. The lowest BCUT2D eigenvalue weighted by Crippen LogP contribution is -1.98. The molecule has 2 heterocycles. The van der Waals surface area contributed by atoms with E-state index in [-0.39, 0.29) is 10.6 Å². The number of carbonyl (C=O) groups excluding carboxylic acids is 1. The van der Waals surface area contributed by atoms with Crippen molar-refractivity contribution in [3.63, 3.8) is 0 Å². The number of nitrogens with zero attached hydrogens (tertiary/aromatic N) is 1. The van der Waals surface area contributed by atoms with Crippen LogP contribution >= 0.6 is 23.1 Å². The van der Waals surface area contributed by atoms with Crippen molar-refractivity contribution in [1.29, 1.82) is 0 Å². The van der Waals surface area contributed by atoms with E-state index in [9.17, 15) is 9.59 Å². The molecule has 0 aliphatic rings. The van der Waals surface area contributed by atoms with E-state index in [0.29, 0.717) is 21.5 Å². The molecule has 20 heavy (non-hydrogen) atoms. The van der Waals surface area contributed by atoms with Gasteiger partial charge in [0.15, 0.2) is 4.34 Å². The second-order valence-electron chi connectivity index (χ2n) is 3.75. The number of carboxylic acid groups (broad SMARTS) is 1. The van der Waals surface area contributed by atoms with Crippen LogP contribution in [0.25, 0.3) is 0 Å². The van der Waals surface area contributed by atoms with E-state index in [2.05, 4.69) is 9.72 Å². The number of esters is 1. The summed E-state index contributed by atoms with van der Waals surface area (Å²) in [5.74, 6) is -0.301. The van der Waals surface area contributed by atoms with Crippen LogP contribution in [0.1, 0.15) is 31.7 Å². The Balaban J connectivity index is 2.02. The number of aromatic nitrogens is 1. The predicted octanol–water partition coefficient (Wildman–Crippen LogP) is 2.82. The van der Waals surface area contributed by atoms with Gasteiger partial charge in [0.25, 0.3) is 0 Å². The lowest BCUT2D eigenvalue weighted by molar-refractivity contribution is 0.0563. The van der Waals surface area contributed by atoms with Crippen LogP contribution in [-0.4, -0.2) is 29.1 Å². The number of thiazole rings is 1. The summed E-state index contributed by atoms with van der Waals surface area (Å²) in [6.45, 7) is 1.66. The summed E-state index contributed by atoms with van der Waals surface area (Å²) in [5, 5.41) is 8.95. The van der Waals surface area contributed by atoms with Gasteiger partial charge in [0, 0.05) is 0 Å². The summed E-state index contributed by atoms with van der Waals surface area (Å²) in [6, 6.07) is 3.22. The van der Waals surface area contributed by atoms with E-state index in [0.717, 1.165) is 11.3 Å². The molecular weight excluding hydrogens is 302 g/mol. The summed E-state index contributed by atoms with van der Waals surface area (Å²) in [7, 11) is 1.28. The number of aryl methyl sites for hydroxylation is 1. The maximum absolute atomic E-state index is 11.2. The second-order valence-corrected chi connectivity index (χ2v) is 5.97. The highest BCUT2D eigenvalue weighted by Gasteiger charge is 2.15. The van der Waals surface area contributed by atoms with Crippen molar-refractivity contribution in [2.45, 2.75) is 17.0 Å². The minimum atomic E-state index is -0.974. The summed E-state index contributed by atoms with van der Waals surface area (Å²) >= 11 is 2.48. The number of furan rings is 1. The highest BCUT2D eigenvalue weighted by atomic mass is 32.2. The van der Waals surface area contributed by atoms with Crippen molar-refractivity contribution in [2.24, 2.45) is 0 Å². The van der Waals surface area contributed by atoms with Crippen molar-refractivity contribution >= 4 is 35.0 Å². The quantitative estimate of drug-likeness (QED) is 0.670. The van der Waals surface area contributed by atoms with E-state index in [1.54, 1.807) is 13.0 Å². The molecule has 106 valence electrons. The number of carboxylic acids is 1. The molecule has 6 nitrogen and oxygen atoms in total. The first kappa shape index (κ1) is 14.6. The first-order chi connectivity index (χ1) is 9.51. The Morgan fingerprint density at radius 2 is 2.25 bits per heavy atom. The lowest BCUT2D eigenvalue weighted by atomic mass is 10.4. The number of hydrogen-bond donors (Lipinski definition) is 1. The van der Waals surface area contributed by atoms with E-state index < -0.39 is 11.9 Å². The van der Waals surface area contributed by atoms with Crippen LogP contribution in [0.15, 0.2) is 20.9 Å². The summed E-state index contributed by atoms with van der Waals surface area (Å²) in [5.41, 5.74) is 0.500. The zero-order valence-corrected chi connectivity index (χ0v) is 12.3. The fraction of sp³-hybridized carbons (Fsp3) is 0.250. The molecule has 0 saturated carbocycles. The summed E-state index contributed by atoms with van der Waals surface area (Å²) in [6.07, 6.45) is 0. The smallest absolute Gasteiger partial charge is 0.373 e. The Kier molecular flexibility index (Phi) is 4.46. The average Bonchev–Trinajstić information content (AvgIpc) is 3.02. The summed E-state index contributed by atoms with van der Waals surface area (Å²) < 4.78 is 10.5. The Bertz CT molecular complexity index is 646. The number of rotatable bonds is 5. The standard InChI is InChI=1S/C12H11NO5S2/c1-6-9(10(14)15)20-12(13-6)19-5-7-3-4-8(18-7)11(16)17-2/h3-4H,5H2,1-2H3,(H,14,15). The molecule has 0 saturated heterocycles. The number of hydrogen-bond acceptors (Lipinski definition) is 7. The van der Waals surface area contributed by atoms with E-state index in [1.807, 2.05) is 0 Å². The zero-order valence-electron chi connectivity index (χ0n) is 10.7. The minimum Gasteiger partial charge on any atom is -0.477 e. The molecule has 0 amide bonds. The molecule has 0 aliphatic carbocycles. The number of aromatic carboxylic acids is 1. The maximum Gasteiger partial charge on any atom is 0.373 e. The third-order valence-electron chi connectivity index (χ3n) is 2.36. The van der Waals surface area contributed by atoms with Gasteiger partial charge in [-0.2, -0.15) is 0 Å². The highest BCUT2D eigenvalue weighted by molar-refractivity contribution is 8.00. The van der Waals surface area contributed by atoms with Gasteiger partial charge in [0.1, 0.15) is 10.6 Å². The van der Waals surface area contributed by atoms with Gasteiger partial charge in [0.2, 0.25) is 5.76 Å². The first-order valence-electron chi connectivity index (χ1n) is 5.51. The Labute approximate surface area is 122 Å². The number of thioether (sulfide) groups is 1. The van der Waals surface area contributed by atoms with Gasteiger partial charge in [0.05, 0.1) is 18.6 Å². The van der Waals surface area contributed by atoms with Gasteiger partial charge in [-0.3, -0.25) is 0 Å². The molecule has 8 heteroatoms. The first-order valence-corrected chi connectivity index (χ1v) is 7.32. The molecule has 2 rings (SSSR count). The van der Waals surface area contributed by atoms with Gasteiger partial charge < -0.3 is 14.3 Å². The molecule has 2 aromatic heterocycles. The molecule has 0 aromatic carbocycles. The molecule has 0 fully saturated rings. The lowest BCUT2D eigenvalue weighted by Gasteiger charge is -1.95. The van der Waals surface area contributed by atoms with Crippen molar-refractivity contribution < 1.29 is 23.8 Å². The zero-order chi connectivity index (χ0) is 14.7. The normalized spacial score (nSPS) is 10.5. The highest BCUT2D eigenvalue weighted by Crippen LogP contribution is 2.30. The summed E-state index contributed by atoms with van der Waals surface area (Å²) in [4.78, 5) is 26.5. The number of ether oxygens (including phenoxy) is 1. The van der Waals surface area contributed by atoms with Crippen LogP contribution in [0.3, 0.4) is 0 Å². The average molecular weight is 313 g/mol. The molecule has 0 spiro atoms. The van der Waals surface area contributed by atoms with E-state index in [1.165, 1.54) is 24.9 Å². The van der Waals surface area contributed by atoms with Crippen LogP contribution in [-0.2, 0) is 10.5 Å². The molecular formula is C12H11NO5S2. The van der Waals surface area contributed by atoms with Crippen molar-refractivity contribution in [1.82, 2.24) is 4.98 Å². The van der Waals surface area contributed by atoms with E-state index in [4.69, 9.17) is 9.52 Å². The van der Waals surface area contributed by atoms with Gasteiger partial charge in [-0.25, -0.2) is 14.6 Å². The minimum absolute atomic E-state index is 0.143. The Morgan fingerprint density at radius 1 is 1.50 bits per heavy atom. The van der Waals surface area contributed by atoms with E-state index >= 15 is 0 Å². The fourth-order valence-electron chi connectivity index (χ4n) is 1.43. The molecule has 0 atom stereocenters. The van der Waals surface area contributed by atoms with Gasteiger partial charge in [-0.1, -0.05) is 11.8 Å². The van der Waals surface area contributed by atoms with Crippen LogP contribution in [0.5, 0.6) is 0 Å². The SMILES string of the molecule is COC(=O)c1ccc(CSc2nc(C)c(C(=O)O)s2)o1. The molecule has 0 unspecified atom stereocenters. The predicted molar refractivity (Wildman–Crippen MR) is 73.4 cm³/mol. The number of methoxy groups -OCH3 is 1. The van der Waals surface area contributed by atoms with Crippen LogP contribution in [0.4, 0.5) is 0 Å². The third kappa shape index (κ3) is 3.20. The van der Waals surface area contributed by atoms with Crippen LogP contribution in [0, 0.1) is 6.92 Å². The maximum atomic E-state index is 11.2. The monoisotopic (exact) mass is 313 g/mol. The van der Waals surface area contributed by atoms with Crippen molar-refractivity contribution in [2.75, 3.05) is 7.11 Å². The van der Waals surface area contributed by atoms with Crippen LogP contribution in [0.2, 0.25) is 0 Å². The molecule has 0 aliphatic heterocycles. The molecule has 0 bridgehead atoms. The molecule has 0 radical (unpaired) electrons. The van der Waals surface area contributed by atoms with Crippen molar-refractivity contribution in [3.05, 3.63) is 34.2 Å². The third-order valence-corrected chi connectivity index (χ3v) is 4.67. The topological polar surface area (TPSA) is 89.6 Å². The Morgan fingerprint density at radius 3 is 2.85 bits per heavy atom. The Hall–Kier alpha value is -1.80. The number of carbonyl (C=O) groups is 2. The second kappa shape index (κ2) is 6.10.